The Kier molecular flexibility index (Phi) is 3.36. The number of nitrogens with two attached hydrogens (primary N) is 1. The van der Waals surface area contributed by atoms with Crippen LogP contribution >= 0.6 is 0 Å². The lowest BCUT2D eigenvalue weighted by Crippen LogP contribution is -2.29. The summed E-state index contributed by atoms with van der Waals surface area (Å²) >= 11 is 0. The first-order valence-corrected chi connectivity index (χ1v) is 6.13. The largest absolute Gasteiger partial charge is 0.399 e. The first kappa shape index (κ1) is 12.0. The monoisotopic (exact) mass is 231 g/mol. The number of rotatable bonds is 4. The molecule has 3 heteroatoms. The van der Waals surface area contributed by atoms with Gasteiger partial charge in [0.2, 0.25) is 0 Å². The van der Waals surface area contributed by atoms with Crippen LogP contribution in [0.2, 0.25) is 0 Å². The van der Waals surface area contributed by atoms with E-state index >= 15 is 0 Å². The molecular formula is C14H21N3. The normalized spacial score (nSPS) is 24.9. The van der Waals surface area contributed by atoms with E-state index in [0.29, 0.717) is 12.0 Å². The molecule has 0 aromatic heterocycles. The van der Waals surface area contributed by atoms with Crippen molar-refractivity contribution in [2.75, 3.05) is 19.8 Å². The number of anilines is 1. The van der Waals surface area contributed by atoms with Crippen molar-refractivity contribution in [3.63, 3.8) is 0 Å². The van der Waals surface area contributed by atoms with Gasteiger partial charge in [0.25, 0.3) is 0 Å². The van der Waals surface area contributed by atoms with Crippen LogP contribution in [0, 0.1) is 5.92 Å². The Morgan fingerprint density at radius 1 is 1.53 bits per heavy atom. The van der Waals surface area contributed by atoms with Crippen LogP contribution in [-0.4, -0.2) is 31.4 Å². The van der Waals surface area contributed by atoms with Crippen LogP contribution in [0.5, 0.6) is 0 Å². The lowest BCUT2D eigenvalue weighted by atomic mass is 10.1. The summed E-state index contributed by atoms with van der Waals surface area (Å²) in [7, 11) is 3.90. The summed E-state index contributed by atoms with van der Waals surface area (Å²) in [4.78, 5) is 6.25. The number of hydrogen-bond donors (Lipinski definition) is 1. The summed E-state index contributed by atoms with van der Waals surface area (Å²) < 4.78 is 0. The van der Waals surface area contributed by atoms with Gasteiger partial charge in [-0.05, 0) is 42.9 Å². The molecule has 1 aromatic carbocycles. The highest BCUT2D eigenvalue weighted by Crippen LogP contribution is 2.50. The second kappa shape index (κ2) is 4.78. The third-order valence-electron chi connectivity index (χ3n) is 3.74. The molecule has 0 saturated heterocycles. The van der Waals surface area contributed by atoms with Crippen molar-refractivity contribution in [3.8, 4) is 0 Å². The molecular weight excluding hydrogens is 210 g/mol. The molecule has 1 aliphatic carbocycles. The average molecular weight is 231 g/mol. The molecule has 1 unspecified atom stereocenters. The van der Waals surface area contributed by atoms with E-state index in [4.69, 9.17) is 5.73 Å². The number of hydrogen-bond acceptors (Lipinski definition) is 2. The molecule has 0 spiro atoms. The molecule has 0 heterocycles. The minimum atomic E-state index is 0.533. The smallest absolute Gasteiger partial charge is 0.0846 e. The molecule has 0 amide bonds. The van der Waals surface area contributed by atoms with Gasteiger partial charge in [0.1, 0.15) is 0 Å². The van der Waals surface area contributed by atoms with Gasteiger partial charge in [0.05, 0.1) is 6.34 Å². The molecule has 0 bridgehead atoms. The maximum absolute atomic E-state index is 5.82. The summed E-state index contributed by atoms with van der Waals surface area (Å²) in [5.41, 5.74) is 8.07. The summed E-state index contributed by atoms with van der Waals surface area (Å²) in [6.07, 6.45) is 3.16. The van der Waals surface area contributed by atoms with E-state index in [1.54, 1.807) is 0 Å². The van der Waals surface area contributed by atoms with Gasteiger partial charge < -0.3 is 10.6 Å². The molecule has 1 aliphatic rings. The average Bonchev–Trinajstić information content (AvgIpc) is 3.08. The number of aliphatic imine (C=N–C) groups is 1. The van der Waals surface area contributed by atoms with Gasteiger partial charge in [-0.15, -0.1) is 0 Å². The summed E-state index contributed by atoms with van der Waals surface area (Å²) in [5, 5.41) is 0. The van der Waals surface area contributed by atoms with Crippen molar-refractivity contribution in [2.24, 2.45) is 10.9 Å². The lowest BCUT2D eigenvalue weighted by molar-refractivity contribution is 0.357. The molecule has 3 atom stereocenters. The molecule has 92 valence electrons. The molecule has 2 N–H and O–H groups in total. The van der Waals surface area contributed by atoms with E-state index in [0.717, 1.165) is 11.6 Å². The van der Waals surface area contributed by atoms with E-state index < -0.39 is 0 Å². The van der Waals surface area contributed by atoms with Crippen LogP contribution in [-0.2, 0) is 0 Å². The van der Waals surface area contributed by atoms with E-state index in [-0.39, 0.29) is 0 Å². The second-order valence-corrected chi connectivity index (χ2v) is 4.96. The van der Waals surface area contributed by atoms with Gasteiger partial charge in [0, 0.05) is 25.8 Å². The first-order valence-electron chi connectivity index (χ1n) is 6.13. The zero-order chi connectivity index (χ0) is 12.4. The minimum absolute atomic E-state index is 0.533. The van der Waals surface area contributed by atoms with Crippen LogP contribution in [0.15, 0.2) is 29.3 Å². The standard InChI is InChI=1S/C14H21N3/c1-10(17(3)9-16-2)13-8-14(13)11-5-4-6-12(15)7-11/h4-7,9-10,13-14H,8,15H2,1-3H3/t10?,13-,14+/m0/s1. The van der Waals surface area contributed by atoms with Crippen LogP contribution in [0.4, 0.5) is 5.69 Å². The Bertz CT molecular complexity index is 414. The lowest BCUT2D eigenvalue weighted by Gasteiger charge is -2.22. The Labute approximate surface area is 103 Å². The van der Waals surface area contributed by atoms with Crippen molar-refractivity contribution in [1.29, 1.82) is 0 Å². The van der Waals surface area contributed by atoms with Gasteiger partial charge in [-0.3, -0.25) is 4.99 Å². The van der Waals surface area contributed by atoms with Crippen molar-refractivity contribution in [2.45, 2.75) is 25.3 Å². The topological polar surface area (TPSA) is 41.6 Å². The molecule has 17 heavy (non-hydrogen) atoms. The van der Waals surface area contributed by atoms with E-state index in [1.807, 2.05) is 25.5 Å². The highest BCUT2D eigenvalue weighted by atomic mass is 15.2. The Balaban J connectivity index is 2.01. The van der Waals surface area contributed by atoms with Crippen molar-refractivity contribution in [3.05, 3.63) is 29.8 Å². The Morgan fingerprint density at radius 3 is 2.94 bits per heavy atom. The highest BCUT2D eigenvalue weighted by Gasteiger charge is 2.43. The Morgan fingerprint density at radius 2 is 2.29 bits per heavy atom. The number of nitrogen functional groups attached to an aromatic ring is 1. The zero-order valence-electron chi connectivity index (χ0n) is 10.8. The second-order valence-electron chi connectivity index (χ2n) is 4.96. The summed E-state index contributed by atoms with van der Waals surface area (Å²) in [6.45, 7) is 2.26. The molecule has 0 radical (unpaired) electrons. The molecule has 0 aliphatic heterocycles. The molecule has 3 nitrogen and oxygen atoms in total. The summed E-state index contributed by atoms with van der Waals surface area (Å²) in [6, 6.07) is 8.81. The van der Waals surface area contributed by atoms with Gasteiger partial charge in [-0.25, -0.2) is 0 Å². The predicted molar refractivity (Wildman–Crippen MR) is 73.3 cm³/mol. The van der Waals surface area contributed by atoms with Crippen molar-refractivity contribution in [1.82, 2.24) is 4.90 Å². The van der Waals surface area contributed by atoms with Crippen LogP contribution < -0.4 is 5.73 Å². The fraction of sp³-hybridized carbons (Fsp3) is 0.500. The van der Waals surface area contributed by atoms with Gasteiger partial charge in [0.15, 0.2) is 0 Å². The predicted octanol–water partition coefficient (Wildman–Crippen LogP) is 2.35. The van der Waals surface area contributed by atoms with Crippen LogP contribution in [0.1, 0.15) is 24.8 Å². The van der Waals surface area contributed by atoms with E-state index in [2.05, 4.69) is 36.0 Å². The van der Waals surface area contributed by atoms with E-state index in [9.17, 15) is 0 Å². The molecule has 1 saturated carbocycles. The number of benzene rings is 1. The SMILES string of the molecule is CN=CN(C)C(C)[C@@H]1C[C@@H]1c1cccc(N)c1. The number of nitrogens with zero attached hydrogens (tertiary/aromatic N) is 2. The van der Waals surface area contributed by atoms with Gasteiger partial charge in [-0.1, -0.05) is 12.1 Å². The first-order chi connectivity index (χ1) is 8.13. The van der Waals surface area contributed by atoms with Crippen LogP contribution in [0.3, 0.4) is 0 Å². The molecule has 2 rings (SSSR count). The fourth-order valence-corrected chi connectivity index (χ4v) is 2.51. The fourth-order valence-electron chi connectivity index (χ4n) is 2.51. The molecule has 1 aromatic rings. The van der Waals surface area contributed by atoms with Crippen molar-refractivity contribution >= 4 is 12.0 Å². The highest BCUT2D eigenvalue weighted by molar-refractivity contribution is 5.55. The molecule has 1 fully saturated rings. The maximum atomic E-state index is 5.82. The minimum Gasteiger partial charge on any atom is -0.399 e. The van der Waals surface area contributed by atoms with Gasteiger partial charge >= 0.3 is 0 Å². The quantitative estimate of drug-likeness (QED) is 0.491. The Hall–Kier alpha value is -1.51. The van der Waals surface area contributed by atoms with Crippen LogP contribution in [0.25, 0.3) is 0 Å². The third-order valence-corrected chi connectivity index (χ3v) is 3.74. The van der Waals surface area contributed by atoms with Crippen molar-refractivity contribution < 1.29 is 0 Å². The van der Waals surface area contributed by atoms with Gasteiger partial charge in [-0.2, -0.15) is 0 Å². The maximum Gasteiger partial charge on any atom is 0.0846 e. The third kappa shape index (κ3) is 2.60. The van der Waals surface area contributed by atoms with E-state index in [1.165, 1.54) is 12.0 Å². The zero-order valence-corrected chi connectivity index (χ0v) is 10.8. The summed E-state index contributed by atoms with van der Waals surface area (Å²) in [5.74, 6) is 1.39.